The highest BCUT2D eigenvalue weighted by molar-refractivity contribution is 5.75. The molecule has 2 aliphatic heterocycles. The number of likely N-dealkylation sites (tertiary alicyclic amines) is 1. The average Bonchev–Trinajstić information content (AvgIpc) is 3.01. The van der Waals surface area contributed by atoms with Crippen molar-refractivity contribution in [1.82, 2.24) is 15.1 Å². The first kappa shape index (κ1) is 17.4. The van der Waals surface area contributed by atoms with Gasteiger partial charge in [0.05, 0.1) is 0 Å². The molecule has 1 fully saturated rings. The summed E-state index contributed by atoms with van der Waals surface area (Å²) >= 11 is 0. The molecule has 3 rings (SSSR count). The first-order valence-corrected chi connectivity index (χ1v) is 9.48. The standard InChI is InChI=1S/C20H31N3O/c1-22-13-5-4-9-19(22)10-11-20(24)21-12-6-14-23-15-17-7-2-3-8-18(17)16-23/h2-3,7-8,19H,4-6,9-16H2,1H3,(H,21,24)/t19-/m1/s1. The zero-order valence-electron chi connectivity index (χ0n) is 15.0. The van der Waals surface area contributed by atoms with Crippen molar-refractivity contribution in [2.45, 2.75) is 57.7 Å². The lowest BCUT2D eigenvalue weighted by Crippen LogP contribution is -2.37. The number of rotatable bonds is 7. The molecule has 1 atom stereocenters. The number of hydrogen-bond donors (Lipinski definition) is 1. The minimum atomic E-state index is 0.221. The van der Waals surface area contributed by atoms with E-state index in [1.807, 2.05) is 0 Å². The molecule has 0 radical (unpaired) electrons. The van der Waals surface area contributed by atoms with E-state index in [-0.39, 0.29) is 5.91 Å². The minimum absolute atomic E-state index is 0.221. The van der Waals surface area contributed by atoms with Crippen molar-refractivity contribution in [1.29, 1.82) is 0 Å². The van der Waals surface area contributed by atoms with Gasteiger partial charge in [-0.25, -0.2) is 0 Å². The van der Waals surface area contributed by atoms with E-state index >= 15 is 0 Å². The fourth-order valence-electron chi connectivity index (χ4n) is 3.99. The molecule has 0 aromatic heterocycles. The number of benzene rings is 1. The van der Waals surface area contributed by atoms with Crippen LogP contribution in [-0.2, 0) is 17.9 Å². The zero-order chi connectivity index (χ0) is 16.8. The van der Waals surface area contributed by atoms with Crippen LogP contribution in [0.5, 0.6) is 0 Å². The van der Waals surface area contributed by atoms with Crippen molar-refractivity contribution in [3.05, 3.63) is 35.4 Å². The quantitative estimate of drug-likeness (QED) is 0.781. The number of hydrogen-bond acceptors (Lipinski definition) is 3. The number of nitrogens with zero attached hydrogens (tertiary/aromatic N) is 2. The Labute approximate surface area is 146 Å². The van der Waals surface area contributed by atoms with Crippen LogP contribution >= 0.6 is 0 Å². The van der Waals surface area contributed by atoms with Gasteiger partial charge in [-0.15, -0.1) is 0 Å². The van der Waals surface area contributed by atoms with Crippen molar-refractivity contribution in [2.75, 3.05) is 26.7 Å². The Morgan fingerprint density at radius 2 is 1.96 bits per heavy atom. The maximum atomic E-state index is 12.0. The summed E-state index contributed by atoms with van der Waals surface area (Å²) in [6, 6.07) is 9.28. The largest absolute Gasteiger partial charge is 0.356 e. The van der Waals surface area contributed by atoms with Crippen molar-refractivity contribution < 1.29 is 4.79 Å². The van der Waals surface area contributed by atoms with E-state index in [0.717, 1.165) is 39.0 Å². The molecule has 0 aliphatic carbocycles. The van der Waals surface area contributed by atoms with Gasteiger partial charge in [-0.1, -0.05) is 30.7 Å². The highest BCUT2D eigenvalue weighted by Gasteiger charge is 2.20. The third-order valence-electron chi connectivity index (χ3n) is 5.51. The van der Waals surface area contributed by atoms with Crippen LogP contribution in [0, 0.1) is 0 Å². The van der Waals surface area contributed by atoms with E-state index in [9.17, 15) is 4.79 Å². The highest BCUT2D eigenvalue weighted by Crippen LogP contribution is 2.22. The van der Waals surface area contributed by atoms with Gasteiger partial charge in [0.1, 0.15) is 0 Å². The maximum absolute atomic E-state index is 12.0. The molecular weight excluding hydrogens is 298 g/mol. The van der Waals surface area contributed by atoms with Crippen molar-refractivity contribution in [3.8, 4) is 0 Å². The lowest BCUT2D eigenvalue weighted by Gasteiger charge is -2.32. The van der Waals surface area contributed by atoms with E-state index in [1.165, 1.54) is 36.9 Å². The summed E-state index contributed by atoms with van der Waals surface area (Å²) < 4.78 is 0. The van der Waals surface area contributed by atoms with Crippen LogP contribution in [0.4, 0.5) is 0 Å². The number of piperidine rings is 1. The van der Waals surface area contributed by atoms with Crippen LogP contribution < -0.4 is 5.32 Å². The number of nitrogens with one attached hydrogen (secondary N) is 1. The fraction of sp³-hybridized carbons (Fsp3) is 0.650. The molecule has 0 saturated carbocycles. The Morgan fingerprint density at radius 1 is 1.21 bits per heavy atom. The van der Waals surface area contributed by atoms with Crippen LogP contribution in [-0.4, -0.2) is 48.4 Å². The summed E-state index contributed by atoms with van der Waals surface area (Å²) in [6.07, 6.45) is 6.57. The molecule has 1 aromatic carbocycles. The average molecular weight is 329 g/mol. The molecule has 0 unspecified atom stereocenters. The molecule has 2 aliphatic rings. The van der Waals surface area contributed by atoms with Gasteiger partial charge < -0.3 is 10.2 Å². The van der Waals surface area contributed by atoms with Gasteiger partial charge in [0.15, 0.2) is 0 Å². The summed E-state index contributed by atoms with van der Waals surface area (Å²) in [5, 5.41) is 3.10. The molecular formula is C20H31N3O. The van der Waals surface area contributed by atoms with Crippen LogP contribution in [0.1, 0.15) is 49.7 Å². The van der Waals surface area contributed by atoms with E-state index < -0.39 is 0 Å². The Kier molecular flexibility index (Phi) is 6.27. The Morgan fingerprint density at radius 3 is 2.67 bits per heavy atom. The summed E-state index contributed by atoms with van der Waals surface area (Å²) in [4.78, 5) is 16.9. The van der Waals surface area contributed by atoms with Gasteiger partial charge in [-0.2, -0.15) is 0 Å². The normalized spacial score (nSPS) is 21.6. The van der Waals surface area contributed by atoms with Gasteiger partial charge in [0.2, 0.25) is 5.91 Å². The number of amides is 1. The lowest BCUT2D eigenvalue weighted by molar-refractivity contribution is -0.121. The van der Waals surface area contributed by atoms with E-state index in [2.05, 4.69) is 46.4 Å². The predicted molar refractivity (Wildman–Crippen MR) is 97.7 cm³/mol. The molecule has 4 nitrogen and oxygen atoms in total. The van der Waals surface area contributed by atoms with E-state index in [4.69, 9.17) is 0 Å². The first-order chi connectivity index (χ1) is 11.7. The van der Waals surface area contributed by atoms with Crippen LogP contribution in [0.25, 0.3) is 0 Å². The third kappa shape index (κ3) is 4.81. The Hall–Kier alpha value is -1.39. The predicted octanol–water partition coefficient (Wildman–Crippen LogP) is 2.77. The molecule has 2 heterocycles. The second kappa shape index (κ2) is 8.63. The number of carbonyl (C=O) groups excluding carboxylic acids is 1. The van der Waals surface area contributed by atoms with Crippen LogP contribution in [0.3, 0.4) is 0 Å². The summed E-state index contributed by atoms with van der Waals surface area (Å²) in [5.41, 5.74) is 2.91. The zero-order valence-corrected chi connectivity index (χ0v) is 15.0. The third-order valence-corrected chi connectivity index (χ3v) is 5.51. The second-order valence-corrected chi connectivity index (χ2v) is 7.35. The van der Waals surface area contributed by atoms with Gasteiger partial charge >= 0.3 is 0 Å². The topological polar surface area (TPSA) is 35.6 Å². The molecule has 24 heavy (non-hydrogen) atoms. The molecule has 1 amide bonds. The van der Waals surface area contributed by atoms with Crippen molar-refractivity contribution in [3.63, 3.8) is 0 Å². The fourth-order valence-corrected chi connectivity index (χ4v) is 3.99. The molecule has 1 aromatic rings. The molecule has 4 heteroatoms. The maximum Gasteiger partial charge on any atom is 0.220 e. The van der Waals surface area contributed by atoms with E-state index in [1.54, 1.807) is 0 Å². The molecule has 1 N–H and O–H groups in total. The summed E-state index contributed by atoms with van der Waals surface area (Å²) in [5.74, 6) is 0.221. The molecule has 132 valence electrons. The van der Waals surface area contributed by atoms with Gasteiger partial charge in [-0.3, -0.25) is 9.69 Å². The number of fused-ring (bicyclic) bond motifs is 1. The van der Waals surface area contributed by atoms with Gasteiger partial charge in [0, 0.05) is 38.6 Å². The molecule has 1 saturated heterocycles. The van der Waals surface area contributed by atoms with Crippen molar-refractivity contribution in [2.24, 2.45) is 0 Å². The first-order valence-electron chi connectivity index (χ1n) is 9.48. The minimum Gasteiger partial charge on any atom is -0.356 e. The lowest BCUT2D eigenvalue weighted by atomic mass is 9.98. The Balaban J connectivity index is 1.26. The second-order valence-electron chi connectivity index (χ2n) is 7.35. The SMILES string of the molecule is CN1CCCC[C@@H]1CCC(=O)NCCCN1Cc2ccccc2C1. The number of carbonyl (C=O) groups is 1. The van der Waals surface area contributed by atoms with Crippen molar-refractivity contribution >= 4 is 5.91 Å². The smallest absolute Gasteiger partial charge is 0.220 e. The Bertz CT molecular complexity index is 520. The molecule has 0 bridgehead atoms. The van der Waals surface area contributed by atoms with Gasteiger partial charge in [0.25, 0.3) is 0 Å². The van der Waals surface area contributed by atoms with Crippen LogP contribution in [0.2, 0.25) is 0 Å². The summed E-state index contributed by atoms with van der Waals surface area (Å²) in [6.45, 7) is 5.15. The van der Waals surface area contributed by atoms with Crippen LogP contribution in [0.15, 0.2) is 24.3 Å². The van der Waals surface area contributed by atoms with E-state index in [0.29, 0.717) is 12.5 Å². The van der Waals surface area contributed by atoms with Gasteiger partial charge in [-0.05, 0) is 50.4 Å². The molecule has 0 spiro atoms. The summed E-state index contributed by atoms with van der Waals surface area (Å²) in [7, 11) is 2.19. The highest BCUT2D eigenvalue weighted by atomic mass is 16.1. The monoisotopic (exact) mass is 329 g/mol.